The molecule has 0 saturated carbocycles. The molecule has 3 rings (SSSR count). The molecule has 1 atom stereocenters. The van der Waals surface area contributed by atoms with Gasteiger partial charge in [-0.1, -0.05) is 12.1 Å². The lowest BCUT2D eigenvalue weighted by Crippen LogP contribution is -2.31. The second-order valence-corrected chi connectivity index (χ2v) is 6.30. The SMILES string of the molecule is Cc1nsc(NCc2cccc(C(=O)NC[C@H]3CCCO3)c2)n1. The third kappa shape index (κ3) is 4.49. The number of rotatable bonds is 6. The summed E-state index contributed by atoms with van der Waals surface area (Å²) in [5, 5.41) is 6.95. The lowest BCUT2D eigenvalue weighted by molar-refractivity contribution is 0.0857. The molecule has 1 amide bonds. The Morgan fingerprint density at radius 3 is 3.13 bits per heavy atom. The molecule has 2 aromatic rings. The quantitative estimate of drug-likeness (QED) is 0.849. The number of carbonyl (C=O) groups is 1. The van der Waals surface area contributed by atoms with Crippen LogP contribution < -0.4 is 10.6 Å². The first-order valence-corrected chi connectivity index (χ1v) is 8.51. The number of hydrogen-bond donors (Lipinski definition) is 2. The molecule has 0 unspecified atom stereocenters. The van der Waals surface area contributed by atoms with Crippen LogP contribution in [0.2, 0.25) is 0 Å². The second-order valence-electron chi connectivity index (χ2n) is 5.55. The Labute approximate surface area is 139 Å². The van der Waals surface area contributed by atoms with E-state index in [2.05, 4.69) is 20.0 Å². The molecular formula is C16H20N4O2S. The molecule has 1 aromatic heterocycles. The van der Waals surface area contributed by atoms with E-state index in [-0.39, 0.29) is 12.0 Å². The van der Waals surface area contributed by atoms with E-state index in [1.807, 2.05) is 31.2 Å². The van der Waals surface area contributed by atoms with Gasteiger partial charge in [0.1, 0.15) is 5.82 Å². The van der Waals surface area contributed by atoms with Crippen molar-refractivity contribution in [2.24, 2.45) is 0 Å². The standard InChI is InChI=1S/C16H20N4O2S/c1-11-19-16(23-20-11)18-9-12-4-2-5-13(8-12)15(21)17-10-14-6-3-7-22-14/h2,4-5,8,14H,3,6-7,9-10H2,1H3,(H,17,21)(H,18,19,20)/t14-/m1/s1. The van der Waals surface area contributed by atoms with Gasteiger partial charge in [0.15, 0.2) is 0 Å². The summed E-state index contributed by atoms with van der Waals surface area (Å²) in [5.41, 5.74) is 1.69. The third-order valence-corrected chi connectivity index (χ3v) is 4.44. The highest BCUT2D eigenvalue weighted by molar-refractivity contribution is 7.09. The highest BCUT2D eigenvalue weighted by Crippen LogP contribution is 2.14. The molecule has 7 heteroatoms. The van der Waals surface area contributed by atoms with Crippen molar-refractivity contribution in [1.29, 1.82) is 0 Å². The lowest BCUT2D eigenvalue weighted by atomic mass is 10.1. The van der Waals surface area contributed by atoms with Gasteiger partial charge in [-0.15, -0.1) is 0 Å². The molecular weight excluding hydrogens is 312 g/mol. The minimum atomic E-state index is -0.0610. The van der Waals surface area contributed by atoms with Gasteiger partial charge in [0.25, 0.3) is 5.91 Å². The van der Waals surface area contributed by atoms with Crippen molar-refractivity contribution in [1.82, 2.24) is 14.7 Å². The van der Waals surface area contributed by atoms with E-state index in [1.54, 1.807) is 0 Å². The summed E-state index contributed by atoms with van der Waals surface area (Å²) in [6.07, 6.45) is 2.25. The van der Waals surface area contributed by atoms with E-state index in [1.165, 1.54) is 11.5 Å². The number of nitrogens with zero attached hydrogens (tertiary/aromatic N) is 2. The van der Waals surface area contributed by atoms with Crippen LogP contribution in [0.5, 0.6) is 0 Å². The van der Waals surface area contributed by atoms with E-state index < -0.39 is 0 Å². The third-order valence-electron chi connectivity index (χ3n) is 3.67. The summed E-state index contributed by atoms with van der Waals surface area (Å²) in [6, 6.07) is 7.59. The number of aryl methyl sites for hydroxylation is 1. The molecule has 1 aliphatic heterocycles. The molecule has 0 spiro atoms. The Morgan fingerprint density at radius 2 is 2.39 bits per heavy atom. The van der Waals surface area contributed by atoms with Gasteiger partial charge in [-0.05, 0) is 37.5 Å². The molecule has 0 bridgehead atoms. The van der Waals surface area contributed by atoms with Crippen molar-refractivity contribution in [3.05, 3.63) is 41.2 Å². The second kappa shape index (κ2) is 7.52. The minimum absolute atomic E-state index is 0.0610. The zero-order valence-electron chi connectivity index (χ0n) is 13.0. The first-order valence-electron chi connectivity index (χ1n) is 7.73. The summed E-state index contributed by atoms with van der Waals surface area (Å²) in [5.74, 6) is 0.703. The van der Waals surface area contributed by atoms with E-state index in [0.29, 0.717) is 18.7 Å². The van der Waals surface area contributed by atoms with E-state index in [4.69, 9.17) is 4.74 Å². The first kappa shape index (κ1) is 15.9. The van der Waals surface area contributed by atoms with Crippen molar-refractivity contribution in [2.75, 3.05) is 18.5 Å². The number of amides is 1. The van der Waals surface area contributed by atoms with Gasteiger partial charge in [-0.25, -0.2) is 4.98 Å². The Morgan fingerprint density at radius 1 is 1.48 bits per heavy atom. The number of carbonyl (C=O) groups excluding carboxylic acids is 1. The fourth-order valence-electron chi connectivity index (χ4n) is 2.48. The molecule has 1 aliphatic rings. The Balaban J connectivity index is 1.54. The van der Waals surface area contributed by atoms with Crippen LogP contribution in [0.15, 0.2) is 24.3 Å². The fourth-order valence-corrected chi connectivity index (χ4v) is 3.05. The van der Waals surface area contributed by atoms with Crippen molar-refractivity contribution < 1.29 is 9.53 Å². The van der Waals surface area contributed by atoms with Gasteiger partial charge in [-0.2, -0.15) is 4.37 Å². The van der Waals surface area contributed by atoms with Crippen LogP contribution in [-0.2, 0) is 11.3 Å². The summed E-state index contributed by atoms with van der Waals surface area (Å²) < 4.78 is 9.64. The van der Waals surface area contributed by atoms with Crippen LogP contribution in [0.1, 0.15) is 34.6 Å². The highest BCUT2D eigenvalue weighted by atomic mass is 32.1. The van der Waals surface area contributed by atoms with Gasteiger partial charge < -0.3 is 15.4 Å². The number of anilines is 1. The van der Waals surface area contributed by atoms with Gasteiger partial charge in [0.2, 0.25) is 5.13 Å². The van der Waals surface area contributed by atoms with Gasteiger partial charge in [-0.3, -0.25) is 4.79 Å². The molecule has 6 nitrogen and oxygen atoms in total. The molecule has 122 valence electrons. The van der Waals surface area contributed by atoms with Crippen LogP contribution in [0.4, 0.5) is 5.13 Å². The fraction of sp³-hybridized carbons (Fsp3) is 0.438. The van der Waals surface area contributed by atoms with Crippen LogP contribution in [0.3, 0.4) is 0 Å². The van der Waals surface area contributed by atoms with Crippen LogP contribution in [-0.4, -0.2) is 34.5 Å². The number of hydrogen-bond acceptors (Lipinski definition) is 6. The summed E-state index contributed by atoms with van der Waals surface area (Å²) in [7, 11) is 0. The maximum atomic E-state index is 12.2. The van der Waals surface area contributed by atoms with Crippen LogP contribution in [0.25, 0.3) is 0 Å². The monoisotopic (exact) mass is 332 g/mol. The summed E-state index contributed by atoms with van der Waals surface area (Å²) >= 11 is 1.34. The van der Waals surface area contributed by atoms with Crippen molar-refractivity contribution in [3.8, 4) is 0 Å². The molecule has 23 heavy (non-hydrogen) atoms. The Hall–Kier alpha value is -1.99. The zero-order valence-corrected chi connectivity index (χ0v) is 13.9. The average molecular weight is 332 g/mol. The number of benzene rings is 1. The summed E-state index contributed by atoms with van der Waals surface area (Å²) in [6.45, 7) is 3.85. The molecule has 0 aliphatic carbocycles. The maximum Gasteiger partial charge on any atom is 0.251 e. The van der Waals surface area contributed by atoms with E-state index in [0.717, 1.165) is 36.0 Å². The first-order chi connectivity index (χ1) is 11.2. The molecule has 2 heterocycles. The van der Waals surface area contributed by atoms with Gasteiger partial charge in [0.05, 0.1) is 6.10 Å². The molecule has 1 aromatic carbocycles. The topological polar surface area (TPSA) is 76.1 Å². The highest BCUT2D eigenvalue weighted by Gasteiger charge is 2.16. The molecule has 0 radical (unpaired) electrons. The van der Waals surface area contributed by atoms with Gasteiger partial charge >= 0.3 is 0 Å². The van der Waals surface area contributed by atoms with Gasteiger partial charge in [0, 0.05) is 36.8 Å². The van der Waals surface area contributed by atoms with Crippen molar-refractivity contribution in [2.45, 2.75) is 32.4 Å². The zero-order chi connectivity index (χ0) is 16.1. The smallest absolute Gasteiger partial charge is 0.251 e. The number of aromatic nitrogens is 2. The normalized spacial score (nSPS) is 17.2. The number of ether oxygens (including phenoxy) is 1. The van der Waals surface area contributed by atoms with E-state index >= 15 is 0 Å². The largest absolute Gasteiger partial charge is 0.376 e. The van der Waals surface area contributed by atoms with Crippen LogP contribution >= 0.6 is 11.5 Å². The Kier molecular flexibility index (Phi) is 5.19. The van der Waals surface area contributed by atoms with Crippen molar-refractivity contribution in [3.63, 3.8) is 0 Å². The van der Waals surface area contributed by atoms with E-state index in [9.17, 15) is 4.79 Å². The maximum absolute atomic E-state index is 12.2. The van der Waals surface area contributed by atoms with Crippen LogP contribution in [0, 0.1) is 6.92 Å². The molecule has 2 N–H and O–H groups in total. The van der Waals surface area contributed by atoms with Crippen molar-refractivity contribution >= 4 is 22.6 Å². The Bertz CT molecular complexity index is 668. The average Bonchev–Trinajstić information content (AvgIpc) is 3.22. The summed E-state index contributed by atoms with van der Waals surface area (Å²) in [4.78, 5) is 16.5. The lowest BCUT2D eigenvalue weighted by Gasteiger charge is -2.11. The predicted octanol–water partition coefficient (Wildman–Crippen LogP) is 2.37. The molecule has 1 fully saturated rings. The number of nitrogens with one attached hydrogen (secondary N) is 2. The predicted molar refractivity (Wildman–Crippen MR) is 89.7 cm³/mol. The molecule has 1 saturated heterocycles. The minimum Gasteiger partial charge on any atom is -0.376 e.